The Morgan fingerprint density at radius 2 is 1.71 bits per heavy atom. The van der Waals surface area contributed by atoms with Crippen LogP contribution >= 0.6 is 0 Å². The van der Waals surface area contributed by atoms with Crippen LogP contribution in [0.5, 0.6) is 5.75 Å². The van der Waals surface area contributed by atoms with Crippen molar-refractivity contribution in [1.82, 2.24) is 9.47 Å². The highest BCUT2D eigenvalue weighted by molar-refractivity contribution is 6.04. The second-order valence-corrected chi connectivity index (χ2v) is 8.98. The zero-order valence-corrected chi connectivity index (χ0v) is 19.2. The van der Waals surface area contributed by atoms with E-state index in [1.165, 1.54) is 25.3 Å². The van der Waals surface area contributed by atoms with Crippen molar-refractivity contribution < 1.29 is 28.9 Å². The van der Waals surface area contributed by atoms with Gasteiger partial charge in [-0.25, -0.2) is 14.0 Å². The number of fused-ring (bicyclic) bond motifs is 1. The smallest absolute Gasteiger partial charge is 0.409 e. The lowest BCUT2D eigenvalue weighted by molar-refractivity contribution is 0.0538. The highest BCUT2D eigenvalue weighted by atomic mass is 19.1. The molecule has 1 amide bonds. The lowest BCUT2D eigenvalue weighted by Crippen LogP contribution is -2.60. The molecule has 0 bridgehead atoms. The number of aromatic nitrogens is 1. The number of phenols is 1. The number of aromatic carboxylic acids is 1. The van der Waals surface area contributed by atoms with Crippen LogP contribution in [-0.2, 0) is 10.2 Å². The first-order valence-corrected chi connectivity index (χ1v) is 11.0. The minimum atomic E-state index is -1.06. The van der Waals surface area contributed by atoms with Gasteiger partial charge in [-0.2, -0.15) is 0 Å². The number of carboxylic acids is 1. The molecule has 178 valence electrons. The summed E-state index contributed by atoms with van der Waals surface area (Å²) in [5.41, 5.74) is 2.96. The van der Waals surface area contributed by atoms with Crippen LogP contribution in [0.1, 0.15) is 23.0 Å². The first-order valence-electron chi connectivity index (χ1n) is 11.0. The van der Waals surface area contributed by atoms with Crippen LogP contribution in [0.15, 0.2) is 66.7 Å². The Hall–Kier alpha value is -4.33. The third-order valence-corrected chi connectivity index (χ3v) is 6.54. The number of benzene rings is 3. The Balaban J connectivity index is 1.86. The average Bonchev–Trinajstić information content (AvgIpc) is 3.19. The normalized spacial score (nSPS) is 14.5. The van der Waals surface area contributed by atoms with Gasteiger partial charge in [0.25, 0.3) is 0 Å². The third kappa shape index (κ3) is 3.58. The van der Waals surface area contributed by atoms with Crippen LogP contribution in [-0.4, -0.2) is 51.9 Å². The maximum atomic E-state index is 13.8. The number of rotatable bonds is 4. The maximum absolute atomic E-state index is 13.8. The summed E-state index contributed by atoms with van der Waals surface area (Å²) < 4.78 is 20.6. The summed E-state index contributed by atoms with van der Waals surface area (Å²) in [7, 11) is 1.33. The van der Waals surface area contributed by atoms with Crippen molar-refractivity contribution in [3.63, 3.8) is 0 Å². The molecular weight excluding hydrogens is 451 g/mol. The number of aromatic hydroxyl groups is 1. The van der Waals surface area contributed by atoms with Gasteiger partial charge in [0.2, 0.25) is 0 Å². The molecule has 0 unspecified atom stereocenters. The Bertz CT molecular complexity index is 1470. The molecule has 2 heterocycles. The molecule has 3 aromatic carbocycles. The summed E-state index contributed by atoms with van der Waals surface area (Å²) in [5, 5.41) is 21.1. The molecule has 2 N–H and O–H groups in total. The first-order chi connectivity index (χ1) is 16.7. The van der Waals surface area contributed by atoms with Gasteiger partial charge in [0.05, 0.1) is 18.2 Å². The molecule has 4 aromatic rings. The predicted octanol–water partition coefficient (Wildman–Crippen LogP) is 5.18. The molecule has 1 aliphatic heterocycles. The highest BCUT2D eigenvalue weighted by Crippen LogP contribution is 2.48. The lowest BCUT2D eigenvalue weighted by atomic mass is 9.76. The van der Waals surface area contributed by atoms with Gasteiger partial charge in [0.1, 0.15) is 11.6 Å². The standard InChI is InChI=1S/C27H23FN2O5/c1-27(14-29(15-27)26(34)35-2)24-22(16-5-3-6-17(13-16)25(32)33)23-20(7-4-8-21(23)31)30(24)19-11-9-18(28)10-12-19/h3-13,31H,14-15H2,1-2H3,(H,32,33). The molecule has 1 aliphatic rings. The summed E-state index contributed by atoms with van der Waals surface area (Å²) in [6, 6.07) is 17.7. The third-order valence-electron chi connectivity index (χ3n) is 6.54. The van der Waals surface area contributed by atoms with Gasteiger partial charge in [-0.3, -0.25) is 0 Å². The van der Waals surface area contributed by atoms with Crippen LogP contribution in [0.4, 0.5) is 9.18 Å². The van der Waals surface area contributed by atoms with Crippen molar-refractivity contribution in [2.24, 2.45) is 0 Å². The number of carbonyl (C=O) groups excluding carboxylic acids is 1. The largest absolute Gasteiger partial charge is 0.507 e. The number of likely N-dealkylation sites (tertiary alicyclic amines) is 1. The van der Waals surface area contributed by atoms with E-state index in [2.05, 4.69) is 0 Å². The number of hydrogen-bond donors (Lipinski definition) is 2. The minimum absolute atomic E-state index is 0.0353. The van der Waals surface area contributed by atoms with Gasteiger partial charge in [0, 0.05) is 40.8 Å². The Morgan fingerprint density at radius 3 is 2.37 bits per heavy atom. The second kappa shape index (κ2) is 8.16. The fraction of sp³-hybridized carbons (Fsp3) is 0.185. The van der Waals surface area contributed by atoms with Gasteiger partial charge in [-0.15, -0.1) is 0 Å². The zero-order chi connectivity index (χ0) is 24.9. The van der Waals surface area contributed by atoms with E-state index in [4.69, 9.17) is 4.74 Å². The number of phenolic OH excluding ortho intramolecular Hbond substituents is 1. The van der Waals surface area contributed by atoms with Crippen LogP contribution in [0, 0.1) is 5.82 Å². The van der Waals surface area contributed by atoms with Crippen molar-refractivity contribution in [2.45, 2.75) is 12.3 Å². The average molecular weight is 474 g/mol. The molecule has 1 fully saturated rings. The van der Waals surface area contributed by atoms with Crippen molar-refractivity contribution in [3.8, 4) is 22.6 Å². The van der Waals surface area contributed by atoms with E-state index in [1.54, 1.807) is 47.4 Å². The summed E-state index contributed by atoms with van der Waals surface area (Å²) in [5.74, 6) is -1.41. The van der Waals surface area contributed by atoms with Gasteiger partial charge in [-0.1, -0.05) is 25.1 Å². The first kappa shape index (κ1) is 22.5. The zero-order valence-electron chi connectivity index (χ0n) is 19.2. The number of carbonyl (C=O) groups is 2. The molecule has 1 aromatic heterocycles. The summed E-state index contributed by atoms with van der Waals surface area (Å²) in [4.78, 5) is 25.5. The predicted molar refractivity (Wildman–Crippen MR) is 129 cm³/mol. The minimum Gasteiger partial charge on any atom is -0.507 e. The van der Waals surface area contributed by atoms with Crippen molar-refractivity contribution in [2.75, 3.05) is 20.2 Å². The molecule has 0 saturated carbocycles. The van der Waals surface area contributed by atoms with E-state index in [0.29, 0.717) is 40.8 Å². The van der Waals surface area contributed by atoms with Crippen molar-refractivity contribution in [1.29, 1.82) is 0 Å². The molecule has 0 radical (unpaired) electrons. The number of hydrogen-bond acceptors (Lipinski definition) is 4. The molecule has 35 heavy (non-hydrogen) atoms. The molecule has 5 rings (SSSR count). The lowest BCUT2D eigenvalue weighted by Gasteiger charge is -2.48. The van der Waals surface area contributed by atoms with Crippen LogP contribution in [0.2, 0.25) is 0 Å². The molecule has 0 aliphatic carbocycles. The van der Waals surface area contributed by atoms with Crippen molar-refractivity contribution in [3.05, 3.63) is 83.8 Å². The number of halogens is 1. The molecule has 8 heteroatoms. The second-order valence-electron chi connectivity index (χ2n) is 8.98. The summed E-state index contributed by atoms with van der Waals surface area (Å²) in [6.07, 6.45) is -0.441. The molecule has 7 nitrogen and oxygen atoms in total. The van der Waals surface area contributed by atoms with Gasteiger partial charge >= 0.3 is 12.1 Å². The molecule has 1 saturated heterocycles. The van der Waals surface area contributed by atoms with Crippen LogP contribution < -0.4 is 0 Å². The SMILES string of the molecule is COC(=O)N1CC(C)(c2c(-c3cccc(C(=O)O)c3)c3c(O)cccc3n2-c2ccc(F)cc2)C1. The van der Waals surface area contributed by atoms with Gasteiger partial charge in [-0.05, 0) is 54.1 Å². The Kier molecular flexibility index (Phi) is 5.24. The summed E-state index contributed by atoms with van der Waals surface area (Å²) in [6.45, 7) is 2.70. The molecule has 0 atom stereocenters. The summed E-state index contributed by atoms with van der Waals surface area (Å²) >= 11 is 0. The van der Waals surface area contributed by atoms with E-state index in [9.17, 15) is 24.2 Å². The van der Waals surface area contributed by atoms with Crippen LogP contribution in [0.25, 0.3) is 27.7 Å². The number of ether oxygens (including phenoxy) is 1. The van der Waals surface area contributed by atoms with Crippen molar-refractivity contribution >= 4 is 23.0 Å². The monoisotopic (exact) mass is 474 g/mol. The van der Waals surface area contributed by atoms with Gasteiger partial charge < -0.3 is 24.4 Å². The van der Waals surface area contributed by atoms with E-state index in [1.807, 2.05) is 17.6 Å². The van der Waals surface area contributed by atoms with E-state index in [-0.39, 0.29) is 17.1 Å². The van der Waals surface area contributed by atoms with Crippen LogP contribution in [0.3, 0.4) is 0 Å². The quantitative estimate of drug-likeness (QED) is 0.425. The number of methoxy groups -OCH3 is 1. The number of amides is 1. The Labute approximate surface area is 200 Å². The fourth-order valence-corrected chi connectivity index (χ4v) is 5.04. The van der Waals surface area contributed by atoms with E-state index in [0.717, 1.165) is 5.69 Å². The number of carboxylic acid groups (broad SMARTS) is 1. The maximum Gasteiger partial charge on any atom is 0.409 e. The Morgan fingerprint density at radius 1 is 1.03 bits per heavy atom. The number of nitrogens with zero attached hydrogens (tertiary/aromatic N) is 2. The molecular formula is C27H23FN2O5. The topological polar surface area (TPSA) is 92.0 Å². The van der Waals surface area contributed by atoms with Gasteiger partial charge in [0.15, 0.2) is 0 Å². The van der Waals surface area contributed by atoms with E-state index >= 15 is 0 Å². The molecule has 0 spiro atoms. The van der Waals surface area contributed by atoms with E-state index < -0.39 is 17.5 Å². The fourth-order valence-electron chi connectivity index (χ4n) is 5.04. The highest BCUT2D eigenvalue weighted by Gasteiger charge is 2.47.